The van der Waals surface area contributed by atoms with Gasteiger partial charge in [-0.2, -0.15) is 0 Å². The summed E-state index contributed by atoms with van der Waals surface area (Å²) in [4.78, 5) is 6.68. The maximum atomic E-state index is 4.54. The molecule has 0 aromatic carbocycles. The van der Waals surface area contributed by atoms with Gasteiger partial charge in [0.2, 0.25) is 0 Å². The Morgan fingerprint density at radius 3 is 3.00 bits per heavy atom. The predicted molar refractivity (Wildman–Crippen MR) is 64.5 cm³/mol. The van der Waals surface area contributed by atoms with Crippen LogP contribution >= 0.6 is 23.3 Å². The Morgan fingerprint density at radius 1 is 1.57 bits per heavy atom. The van der Waals surface area contributed by atoms with E-state index in [1.807, 2.05) is 0 Å². The first-order valence-corrected chi connectivity index (χ1v) is 6.51. The molecule has 0 radical (unpaired) electrons. The molecule has 80 valence electrons. The summed E-state index contributed by atoms with van der Waals surface area (Å²) >= 11 is 3.46. The van der Waals surface area contributed by atoms with E-state index in [1.165, 1.54) is 10.7 Å². The summed E-state index contributed by atoms with van der Waals surface area (Å²) in [5, 5.41) is 3.34. The monoisotopic (exact) mass is 231 g/mol. The standard InChI is InChI=1S/C9H17N3S2/c1-4-10-14-7-8-6-13-9(11-8)5-12(2)3/h6,10H,4-5,7H2,1-3H3. The van der Waals surface area contributed by atoms with E-state index in [0.29, 0.717) is 0 Å². The van der Waals surface area contributed by atoms with Gasteiger partial charge in [0.05, 0.1) is 11.4 Å². The molecule has 0 atom stereocenters. The van der Waals surface area contributed by atoms with Crippen LogP contribution in [-0.2, 0) is 12.3 Å². The third-order valence-electron chi connectivity index (χ3n) is 1.52. The fraction of sp³-hybridized carbons (Fsp3) is 0.667. The molecule has 1 aromatic rings. The summed E-state index contributed by atoms with van der Waals surface area (Å²) in [5.74, 6) is 0.956. The van der Waals surface area contributed by atoms with Gasteiger partial charge in [0.15, 0.2) is 0 Å². The van der Waals surface area contributed by atoms with Crippen LogP contribution in [0.5, 0.6) is 0 Å². The molecule has 0 spiro atoms. The molecule has 3 nitrogen and oxygen atoms in total. The predicted octanol–water partition coefficient (Wildman–Crippen LogP) is 1.96. The minimum atomic E-state index is 0.941. The third kappa shape index (κ3) is 4.41. The summed E-state index contributed by atoms with van der Waals surface area (Å²) in [5.41, 5.74) is 1.18. The Bertz CT molecular complexity index is 260. The average molecular weight is 231 g/mol. The number of thiazole rings is 1. The van der Waals surface area contributed by atoms with E-state index in [0.717, 1.165) is 18.8 Å². The topological polar surface area (TPSA) is 28.2 Å². The molecule has 1 heterocycles. The molecule has 14 heavy (non-hydrogen) atoms. The molecular weight excluding hydrogens is 214 g/mol. The van der Waals surface area contributed by atoms with E-state index in [2.05, 4.69) is 41.0 Å². The van der Waals surface area contributed by atoms with Gasteiger partial charge in [0.1, 0.15) is 5.01 Å². The molecule has 0 bridgehead atoms. The van der Waals surface area contributed by atoms with E-state index in [-0.39, 0.29) is 0 Å². The van der Waals surface area contributed by atoms with Gasteiger partial charge < -0.3 is 4.90 Å². The van der Waals surface area contributed by atoms with Gasteiger partial charge in [-0.25, -0.2) is 4.98 Å². The summed E-state index contributed by atoms with van der Waals surface area (Å²) in [6.07, 6.45) is 0. The zero-order valence-corrected chi connectivity index (χ0v) is 10.5. The molecule has 1 aromatic heterocycles. The van der Waals surface area contributed by atoms with Crippen LogP contribution in [-0.4, -0.2) is 30.5 Å². The molecule has 0 aliphatic carbocycles. The van der Waals surface area contributed by atoms with Gasteiger partial charge >= 0.3 is 0 Å². The minimum absolute atomic E-state index is 0.941. The molecule has 0 aliphatic heterocycles. The first-order chi connectivity index (χ1) is 6.72. The van der Waals surface area contributed by atoms with Crippen LogP contribution in [0, 0.1) is 0 Å². The highest BCUT2D eigenvalue weighted by Gasteiger charge is 2.02. The maximum Gasteiger partial charge on any atom is 0.107 e. The first-order valence-electron chi connectivity index (χ1n) is 4.65. The van der Waals surface area contributed by atoms with E-state index in [9.17, 15) is 0 Å². The summed E-state index contributed by atoms with van der Waals surface area (Å²) in [7, 11) is 4.13. The third-order valence-corrected chi connectivity index (χ3v) is 3.33. The number of aromatic nitrogens is 1. The van der Waals surface area contributed by atoms with Crippen molar-refractivity contribution in [3.63, 3.8) is 0 Å². The molecule has 1 rings (SSSR count). The second-order valence-corrected chi connectivity index (χ2v) is 5.07. The molecule has 0 aliphatic rings. The van der Waals surface area contributed by atoms with Gasteiger partial charge in [-0.3, -0.25) is 4.72 Å². The largest absolute Gasteiger partial charge is 0.303 e. The van der Waals surface area contributed by atoms with Crippen molar-refractivity contribution in [1.29, 1.82) is 0 Å². The normalized spacial score (nSPS) is 11.1. The van der Waals surface area contributed by atoms with Gasteiger partial charge in [0, 0.05) is 18.5 Å². The number of hydrogen-bond donors (Lipinski definition) is 1. The lowest BCUT2D eigenvalue weighted by atomic mass is 10.5. The molecule has 5 heteroatoms. The average Bonchev–Trinajstić information content (AvgIpc) is 2.52. The highest BCUT2D eigenvalue weighted by molar-refractivity contribution is 7.96. The number of hydrogen-bond acceptors (Lipinski definition) is 5. The van der Waals surface area contributed by atoms with Crippen molar-refractivity contribution in [2.45, 2.75) is 19.2 Å². The second kappa shape index (κ2) is 6.40. The van der Waals surface area contributed by atoms with Crippen LogP contribution in [0.25, 0.3) is 0 Å². The SMILES string of the molecule is CCNSCc1csc(CN(C)C)n1. The Balaban J connectivity index is 2.35. The zero-order chi connectivity index (χ0) is 10.4. The number of nitrogens with one attached hydrogen (secondary N) is 1. The van der Waals surface area contributed by atoms with E-state index in [4.69, 9.17) is 0 Å². The highest BCUT2D eigenvalue weighted by Crippen LogP contribution is 2.14. The van der Waals surface area contributed by atoms with Crippen molar-refractivity contribution < 1.29 is 0 Å². The Morgan fingerprint density at radius 2 is 2.36 bits per heavy atom. The van der Waals surface area contributed by atoms with Crippen molar-refractivity contribution in [2.75, 3.05) is 20.6 Å². The number of nitrogens with zero attached hydrogens (tertiary/aromatic N) is 2. The summed E-state index contributed by atoms with van der Waals surface area (Å²) in [6, 6.07) is 0. The van der Waals surface area contributed by atoms with Crippen molar-refractivity contribution >= 4 is 23.3 Å². The maximum absolute atomic E-state index is 4.54. The van der Waals surface area contributed by atoms with Gasteiger partial charge in [-0.15, -0.1) is 11.3 Å². The van der Waals surface area contributed by atoms with Crippen LogP contribution in [0.2, 0.25) is 0 Å². The lowest BCUT2D eigenvalue weighted by Gasteiger charge is -2.05. The van der Waals surface area contributed by atoms with Crippen LogP contribution in [0.1, 0.15) is 17.6 Å². The Hall–Kier alpha value is -0.100. The summed E-state index contributed by atoms with van der Waals surface area (Å²) in [6.45, 7) is 4.04. The lowest BCUT2D eigenvalue weighted by Crippen LogP contribution is -2.10. The minimum Gasteiger partial charge on any atom is -0.303 e. The van der Waals surface area contributed by atoms with E-state index < -0.39 is 0 Å². The fourth-order valence-corrected chi connectivity index (χ4v) is 2.60. The molecule has 0 amide bonds. The van der Waals surface area contributed by atoms with Crippen molar-refractivity contribution in [3.8, 4) is 0 Å². The smallest absolute Gasteiger partial charge is 0.107 e. The van der Waals surface area contributed by atoms with Crippen molar-refractivity contribution in [1.82, 2.24) is 14.6 Å². The Kier molecular flexibility index (Phi) is 5.47. The van der Waals surface area contributed by atoms with Gasteiger partial charge in [-0.05, 0) is 14.1 Å². The zero-order valence-electron chi connectivity index (χ0n) is 8.91. The van der Waals surface area contributed by atoms with Crippen molar-refractivity contribution in [3.05, 3.63) is 16.1 Å². The van der Waals surface area contributed by atoms with Crippen LogP contribution in [0.3, 0.4) is 0 Å². The molecule has 0 saturated carbocycles. The molecule has 0 fully saturated rings. The van der Waals surface area contributed by atoms with Gasteiger partial charge in [0.25, 0.3) is 0 Å². The number of rotatable bonds is 6. The van der Waals surface area contributed by atoms with Crippen LogP contribution in [0.4, 0.5) is 0 Å². The first kappa shape index (κ1) is 12.0. The van der Waals surface area contributed by atoms with Crippen molar-refractivity contribution in [2.24, 2.45) is 0 Å². The summed E-state index contributed by atoms with van der Waals surface area (Å²) < 4.78 is 3.22. The van der Waals surface area contributed by atoms with Crippen LogP contribution < -0.4 is 4.72 Å². The molecule has 0 saturated heterocycles. The Labute approximate surface area is 94.0 Å². The van der Waals surface area contributed by atoms with E-state index >= 15 is 0 Å². The van der Waals surface area contributed by atoms with E-state index in [1.54, 1.807) is 23.3 Å². The lowest BCUT2D eigenvalue weighted by molar-refractivity contribution is 0.401. The second-order valence-electron chi connectivity index (χ2n) is 3.26. The van der Waals surface area contributed by atoms with Gasteiger partial charge in [-0.1, -0.05) is 18.9 Å². The fourth-order valence-electron chi connectivity index (χ4n) is 0.985. The quantitative estimate of drug-likeness (QED) is 0.598. The van der Waals surface area contributed by atoms with Crippen LogP contribution in [0.15, 0.2) is 5.38 Å². The highest BCUT2D eigenvalue weighted by atomic mass is 32.2. The molecule has 1 N–H and O–H groups in total. The molecule has 0 unspecified atom stereocenters. The molecular formula is C9H17N3S2.